The SMILES string of the molecule is C=C(C#N)C(OC)(OC)c1ccccc1OC. The minimum absolute atomic E-state index is 0.159. The molecule has 0 spiro atoms. The number of methoxy groups -OCH3 is 3. The van der Waals surface area contributed by atoms with Gasteiger partial charge in [-0.15, -0.1) is 0 Å². The molecule has 0 atom stereocenters. The van der Waals surface area contributed by atoms with Crippen molar-refractivity contribution in [2.75, 3.05) is 21.3 Å². The molecule has 4 heteroatoms. The first-order valence-electron chi connectivity index (χ1n) is 4.99. The molecule has 0 bridgehead atoms. The quantitative estimate of drug-likeness (QED) is 0.578. The number of hydrogen-bond donors (Lipinski definition) is 0. The minimum Gasteiger partial charge on any atom is -0.496 e. The van der Waals surface area contributed by atoms with Gasteiger partial charge in [0.05, 0.1) is 18.2 Å². The number of nitriles is 1. The van der Waals surface area contributed by atoms with E-state index in [9.17, 15) is 0 Å². The molecule has 0 aliphatic rings. The van der Waals surface area contributed by atoms with Gasteiger partial charge < -0.3 is 14.2 Å². The van der Waals surface area contributed by atoms with Crippen LogP contribution in [-0.4, -0.2) is 21.3 Å². The lowest BCUT2D eigenvalue weighted by molar-refractivity contribution is -0.184. The van der Waals surface area contributed by atoms with Crippen molar-refractivity contribution in [2.24, 2.45) is 0 Å². The monoisotopic (exact) mass is 233 g/mol. The number of benzene rings is 1. The smallest absolute Gasteiger partial charge is 0.235 e. The molecule has 0 saturated carbocycles. The van der Waals surface area contributed by atoms with E-state index in [0.717, 1.165) is 0 Å². The van der Waals surface area contributed by atoms with Crippen LogP contribution in [0, 0.1) is 11.3 Å². The second-order valence-corrected chi connectivity index (χ2v) is 3.32. The van der Waals surface area contributed by atoms with Crippen LogP contribution in [0.2, 0.25) is 0 Å². The maximum atomic E-state index is 9.01. The minimum atomic E-state index is -1.30. The van der Waals surface area contributed by atoms with Gasteiger partial charge in [-0.3, -0.25) is 0 Å². The normalized spacial score (nSPS) is 10.7. The van der Waals surface area contributed by atoms with Crippen molar-refractivity contribution in [3.05, 3.63) is 42.0 Å². The molecule has 4 nitrogen and oxygen atoms in total. The fourth-order valence-corrected chi connectivity index (χ4v) is 1.70. The third-order valence-corrected chi connectivity index (χ3v) is 2.57. The Balaban J connectivity index is 3.42. The lowest BCUT2D eigenvalue weighted by atomic mass is 9.98. The summed E-state index contributed by atoms with van der Waals surface area (Å²) in [4.78, 5) is 0. The van der Waals surface area contributed by atoms with Crippen LogP contribution in [0.4, 0.5) is 0 Å². The van der Waals surface area contributed by atoms with E-state index in [4.69, 9.17) is 19.5 Å². The maximum Gasteiger partial charge on any atom is 0.235 e. The summed E-state index contributed by atoms with van der Waals surface area (Å²) in [5.41, 5.74) is 0.769. The van der Waals surface area contributed by atoms with E-state index in [0.29, 0.717) is 11.3 Å². The van der Waals surface area contributed by atoms with Crippen LogP contribution >= 0.6 is 0 Å². The fraction of sp³-hybridized carbons (Fsp3) is 0.308. The first-order chi connectivity index (χ1) is 8.16. The van der Waals surface area contributed by atoms with E-state index in [1.807, 2.05) is 18.2 Å². The van der Waals surface area contributed by atoms with E-state index in [1.165, 1.54) is 14.2 Å². The van der Waals surface area contributed by atoms with Gasteiger partial charge in [0, 0.05) is 14.2 Å². The summed E-state index contributed by atoms with van der Waals surface area (Å²) < 4.78 is 15.9. The summed E-state index contributed by atoms with van der Waals surface area (Å²) in [6.07, 6.45) is 0. The van der Waals surface area contributed by atoms with E-state index < -0.39 is 5.79 Å². The number of ether oxygens (including phenoxy) is 3. The number of para-hydroxylation sites is 1. The Bertz CT molecular complexity index is 444. The molecule has 0 aliphatic carbocycles. The third-order valence-electron chi connectivity index (χ3n) is 2.57. The molecular formula is C13H15NO3. The highest BCUT2D eigenvalue weighted by Gasteiger charge is 2.38. The van der Waals surface area contributed by atoms with Gasteiger partial charge in [-0.25, -0.2) is 0 Å². The van der Waals surface area contributed by atoms with Gasteiger partial charge in [0.2, 0.25) is 5.79 Å². The third kappa shape index (κ3) is 2.16. The zero-order valence-electron chi connectivity index (χ0n) is 10.2. The highest BCUT2D eigenvalue weighted by atomic mass is 16.7. The van der Waals surface area contributed by atoms with Crippen molar-refractivity contribution in [1.29, 1.82) is 5.26 Å². The summed E-state index contributed by atoms with van der Waals surface area (Å²) in [6, 6.07) is 9.14. The van der Waals surface area contributed by atoms with Crippen molar-refractivity contribution in [2.45, 2.75) is 5.79 Å². The second kappa shape index (κ2) is 5.48. The van der Waals surface area contributed by atoms with Crippen LogP contribution in [0.15, 0.2) is 36.4 Å². The highest BCUT2D eigenvalue weighted by Crippen LogP contribution is 2.38. The largest absolute Gasteiger partial charge is 0.496 e. The topological polar surface area (TPSA) is 51.5 Å². The molecule has 1 aromatic rings. The Morgan fingerprint density at radius 3 is 2.29 bits per heavy atom. The standard InChI is InChI=1S/C13H15NO3/c1-10(9-14)13(16-3,17-4)11-7-5-6-8-12(11)15-2/h5-8H,1H2,2-4H3. The second-order valence-electron chi connectivity index (χ2n) is 3.32. The summed E-state index contributed by atoms with van der Waals surface area (Å²) in [7, 11) is 4.46. The molecule has 0 unspecified atom stereocenters. The summed E-state index contributed by atoms with van der Waals surface area (Å²) >= 11 is 0. The number of nitrogens with zero attached hydrogens (tertiary/aromatic N) is 1. The van der Waals surface area contributed by atoms with E-state index >= 15 is 0 Å². The molecule has 1 aromatic carbocycles. The van der Waals surface area contributed by atoms with Gasteiger partial charge in [-0.1, -0.05) is 18.7 Å². The highest BCUT2D eigenvalue weighted by molar-refractivity contribution is 5.44. The summed E-state index contributed by atoms with van der Waals surface area (Å²) in [6.45, 7) is 3.67. The van der Waals surface area contributed by atoms with Crippen LogP contribution in [0.25, 0.3) is 0 Å². The Hall–Kier alpha value is -1.83. The van der Waals surface area contributed by atoms with Crippen molar-refractivity contribution >= 4 is 0 Å². The molecule has 1 rings (SSSR count). The van der Waals surface area contributed by atoms with E-state index in [-0.39, 0.29) is 5.57 Å². The van der Waals surface area contributed by atoms with Gasteiger partial charge in [-0.2, -0.15) is 5.26 Å². The molecule has 0 radical (unpaired) electrons. The predicted molar refractivity (Wildman–Crippen MR) is 63.4 cm³/mol. The van der Waals surface area contributed by atoms with E-state index in [1.54, 1.807) is 19.2 Å². The van der Waals surface area contributed by atoms with Crippen LogP contribution in [-0.2, 0) is 15.3 Å². The molecule has 0 N–H and O–H groups in total. The summed E-state index contributed by atoms with van der Waals surface area (Å²) in [5.74, 6) is -0.728. The van der Waals surface area contributed by atoms with Gasteiger partial charge >= 0.3 is 0 Å². The molecule has 17 heavy (non-hydrogen) atoms. The molecule has 0 saturated heterocycles. The Labute approximate surface area is 101 Å². The Morgan fingerprint density at radius 2 is 1.82 bits per heavy atom. The zero-order chi connectivity index (χ0) is 12.9. The van der Waals surface area contributed by atoms with Crippen molar-refractivity contribution in [1.82, 2.24) is 0 Å². The molecule has 0 fully saturated rings. The lowest BCUT2D eigenvalue weighted by Crippen LogP contribution is -2.32. The van der Waals surface area contributed by atoms with Gasteiger partial charge in [0.15, 0.2) is 0 Å². The molecule has 90 valence electrons. The van der Waals surface area contributed by atoms with Crippen molar-refractivity contribution in [3.63, 3.8) is 0 Å². The first-order valence-corrected chi connectivity index (χ1v) is 4.99. The molecule has 0 aliphatic heterocycles. The zero-order valence-corrected chi connectivity index (χ0v) is 10.2. The predicted octanol–water partition coefficient (Wildman–Crippen LogP) is 2.22. The van der Waals surface area contributed by atoms with Crippen molar-refractivity contribution < 1.29 is 14.2 Å². The van der Waals surface area contributed by atoms with E-state index in [2.05, 4.69) is 6.58 Å². The van der Waals surface area contributed by atoms with Gasteiger partial charge in [0.1, 0.15) is 11.8 Å². The molecule has 0 aromatic heterocycles. The maximum absolute atomic E-state index is 9.01. The van der Waals surface area contributed by atoms with Crippen LogP contribution in [0.3, 0.4) is 0 Å². The fourth-order valence-electron chi connectivity index (χ4n) is 1.70. The Kier molecular flexibility index (Phi) is 4.27. The van der Waals surface area contributed by atoms with Gasteiger partial charge in [0.25, 0.3) is 0 Å². The van der Waals surface area contributed by atoms with Crippen LogP contribution in [0.5, 0.6) is 5.75 Å². The Morgan fingerprint density at radius 1 is 1.24 bits per heavy atom. The lowest BCUT2D eigenvalue weighted by Gasteiger charge is -2.31. The van der Waals surface area contributed by atoms with Gasteiger partial charge in [-0.05, 0) is 12.1 Å². The first kappa shape index (κ1) is 13.2. The number of rotatable bonds is 5. The number of hydrogen-bond acceptors (Lipinski definition) is 4. The molecule has 0 heterocycles. The average Bonchev–Trinajstić information content (AvgIpc) is 2.41. The average molecular weight is 233 g/mol. The van der Waals surface area contributed by atoms with Crippen LogP contribution in [0.1, 0.15) is 5.56 Å². The molecule has 0 amide bonds. The van der Waals surface area contributed by atoms with Crippen LogP contribution < -0.4 is 4.74 Å². The summed E-state index contributed by atoms with van der Waals surface area (Å²) in [5, 5.41) is 9.01. The van der Waals surface area contributed by atoms with Crippen molar-refractivity contribution in [3.8, 4) is 11.8 Å². The molecular weight excluding hydrogens is 218 g/mol.